The molecule has 0 bridgehead atoms. The van der Waals surface area contributed by atoms with Crippen molar-refractivity contribution < 1.29 is 9.59 Å². The van der Waals surface area contributed by atoms with Gasteiger partial charge in [0.25, 0.3) is 5.91 Å². The molecule has 1 unspecified atom stereocenters. The summed E-state index contributed by atoms with van der Waals surface area (Å²) in [6, 6.07) is 14.7. The maximum absolute atomic E-state index is 13.1. The molecule has 1 heterocycles. The summed E-state index contributed by atoms with van der Waals surface area (Å²) in [5.41, 5.74) is 3.72. The Kier molecular flexibility index (Phi) is 6.44. The van der Waals surface area contributed by atoms with Crippen LogP contribution in [-0.2, 0) is 16.0 Å². The fraction of sp³-hybridized carbons (Fsp3) is 0.261. The molecule has 1 N–H and O–H groups in total. The van der Waals surface area contributed by atoms with E-state index in [1.807, 2.05) is 55.5 Å². The number of rotatable bonds is 6. The molecule has 0 aliphatic carbocycles. The first kappa shape index (κ1) is 20.7. The molecule has 0 saturated carbocycles. The molecule has 0 spiro atoms. The summed E-state index contributed by atoms with van der Waals surface area (Å²) in [5.74, 6) is -0.495. The first-order valence-electron chi connectivity index (χ1n) is 9.65. The first-order chi connectivity index (χ1) is 13.9. The predicted octanol–water partition coefficient (Wildman–Crippen LogP) is 4.07. The molecule has 2 aromatic carbocycles. The number of benzene rings is 2. The van der Waals surface area contributed by atoms with Crippen LogP contribution < -0.4 is 10.2 Å². The topological polar surface area (TPSA) is 52.7 Å². The summed E-state index contributed by atoms with van der Waals surface area (Å²) in [6.45, 7) is 8.21. The van der Waals surface area contributed by atoms with E-state index in [0.717, 1.165) is 23.2 Å². The molecule has 2 amide bonds. The quantitative estimate of drug-likeness (QED) is 0.444. The molecule has 1 fully saturated rings. The van der Waals surface area contributed by atoms with Crippen LogP contribution >= 0.6 is 12.2 Å². The zero-order valence-corrected chi connectivity index (χ0v) is 17.5. The van der Waals surface area contributed by atoms with Gasteiger partial charge in [0.1, 0.15) is 6.04 Å². The molecule has 6 heteroatoms. The predicted molar refractivity (Wildman–Crippen MR) is 121 cm³/mol. The molecule has 1 aliphatic heterocycles. The monoisotopic (exact) mass is 407 g/mol. The number of nitrogens with one attached hydrogen (secondary N) is 1. The van der Waals surface area contributed by atoms with Gasteiger partial charge in [0, 0.05) is 12.2 Å². The van der Waals surface area contributed by atoms with Crippen molar-refractivity contribution in [1.29, 1.82) is 0 Å². The summed E-state index contributed by atoms with van der Waals surface area (Å²) in [6.07, 6.45) is 2.66. The average molecular weight is 408 g/mol. The van der Waals surface area contributed by atoms with Gasteiger partial charge in [-0.25, -0.2) is 4.90 Å². The lowest BCUT2D eigenvalue weighted by Crippen LogP contribution is -2.47. The third kappa shape index (κ3) is 4.54. The maximum atomic E-state index is 13.1. The molecule has 1 saturated heterocycles. The van der Waals surface area contributed by atoms with Gasteiger partial charge in [0.15, 0.2) is 5.11 Å². The van der Waals surface area contributed by atoms with E-state index in [1.165, 1.54) is 4.90 Å². The Balaban J connectivity index is 1.80. The van der Waals surface area contributed by atoms with Crippen molar-refractivity contribution in [3.05, 3.63) is 72.3 Å². The van der Waals surface area contributed by atoms with Gasteiger partial charge in [-0.15, -0.1) is 6.58 Å². The van der Waals surface area contributed by atoms with E-state index in [9.17, 15) is 9.59 Å². The minimum atomic E-state index is -0.656. The fourth-order valence-electron chi connectivity index (χ4n) is 3.33. The van der Waals surface area contributed by atoms with Crippen molar-refractivity contribution in [1.82, 2.24) is 4.90 Å². The Morgan fingerprint density at radius 2 is 1.86 bits per heavy atom. The normalized spacial score (nSPS) is 16.1. The van der Waals surface area contributed by atoms with Gasteiger partial charge in [0.2, 0.25) is 5.91 Å². The van der Waals surface area contributed by atoms with Crippen LogP contribution in [-0.4, -0.2) is 34.4 Å². The fourth-order valence-corrected chi connectivity index (χ4v) is 3.65. The average Bonchev–Trinajstić information content (AvgIpc) is 3.01. The van der Waals surface area contributed by atoms with Crippen LogP contribution in [0.2, 0.25) is 0 Å². The lowest BCUT2D eigenvalue weighted by Gasteiger charge is -2.29. The van der Waals surface area contributed by atoms with Crippen LogP contribution in [0.1, 0.15) is 24.5 Å². The second-order valence-corrected chi connectivity index (χ2v) is 7.43. The molecule has 150 valence electrons. The van der Waals surface area contributed by atoms with Gasteiger partial charge < -0.3 is 10.2 Å². The van der Waals surface area contributed by atoms with Crippen LogP contribution in [0.25, 0.3) is 0 Å². The highest BCUT2D eigenvalue weighted by Gasteiger charge is 2.43. The van der Waals surface area contributed by atoms with Gasteiger partial charge in [0.05, 0.1) is 12.1 Å². The third-order valence-electron chi connectivity index (χ3n) is 4.99. The molecule has 5 nitrogen and oxygen atoms in total. The van der Waals surface area contributed by atoms with Crippen LogP contribution in [0.15, 0.2) is 61.2 Å². The van der Waals surface area contributed by atoms with Gasteiger partial charge in [-0.1, -0.05) is 42.8 Å². The molecular formula is C23H25N3O2S. The number of amides is 2. The molecule has 2 aromatic rings. The minimum absolute atomic E-state index is 0.0813. The number of hydrogen-bond acceptors (Lipinski definition) is 3. The van der Waals surface area contributed by atoms with Gasteiger partial charge in [-0.05, 0) is 55.4 Å². The number of carbonyl (C=O) groups excluding carboxylic acids is 2. The molecule has 1 aliphatic rings. The summed E-state index contributed by atoms with van der Waals surface area (Å²) in [5, 5.41) is 3.56. The highest BCUT2D eigenvalue weighted by Crippen LogP contribution is 2.27. The summed E-state index contributed by atoms with van der Waals surface area (Å²) < 4.78 is 0. The molecule has 1 atom stereocenters. The maximum Gasteiger partial charge on any atom is 0.257 e. The van der Waals surface area contributed by atoms with E-state index in [2.05, 4.69) is 18.8 Å². The van der Waals surface area contributed by atoms with E-state index >= 15 is 0 Å². The van der Waals surface area contributed by atoms with Crippen molar-refractivity contribution in [2.75, 3.05) is 16.8 Å². The summed E-state index contributed by atoms with van der Waals surface area (Å²) in [4.78, 5) is 28.8. The second kappa shape index (κ2) is 9.01. The van der Waals surface area contributed by atoms with Crippen LogP contribution in [0.3, 0.4) is 0 Å². The van der Waals surface area contributed by atoms with Gasteiger partial charge in [-0.3, -0.25) is 9.59 Å². The Labute approximate surface area is 177 Å². The third-order valence-corrected chi connectivity index (χ3v) is 5.33. The molecule has 0 aromatic heterocycles. The van der Waals surface area contributed by atoms with E-state index in [-0.39, 0.29) is 18.2 Å². The lowest BCUT2D eigenvalue weighted by atomic mass is 10.1. The number of thiocarbonyl (C=S) groups is 1. The van der Waals surface area contributed by atoms with E-state index in [4.69, 9.17) is 12.2 Å². The number of anilines is 2. The van der Waals surface area contributed by atoms with Crippen LogP contribution in [0, 0.1) is 6.92 Å². The zero-order valence-electron chi connectivity index (χ0n) is 16.7. The smallest absolute Gasteiger partial charge is 0.257 e. The SMILES string of the molecule is C=CCN(C(=S)Nc1ccc(C)cc1)C1CC(=O)N(c2ccc(CC)cc2)C1=O. The Bertz CT molecular complexity index is 922. The van der Waals surface area contributed by atoms with Crippen molar-refractivity contribution >= 4 is 40.5 Å². The van der Waals surface area contributed by atoms with Gasteiger partial charge >= 0.3 is 0 Å². The number of carbonyl (C=O) groups is 2. The molecule has 0 radical (unpaired) electrons. The molecule has 29 heavy (non-hydrogen) atoms. The number of imide groups is 1. The Morgan fingerprint density at radius 1 is 1.21 bits per heavy atom. The second-order valence-electron chi connectivity index (χ2n) is 7.04. The van der Waals surface area contributed by atoms with E-state index in [1.54, 1.807) is 11.0 Å². The lowest BCUT2D eigenvalue weighted by molar-refractivity contribution is -0.122. The summed E-state index contributed by atoms with van der Waals surface area (Å²) in [7, 11) is 0. The number of aryl methyl sites for hydroxylation is 2. The summed E-state index contributed by atoms with van der Waals surface area (Å²) >= 11 is 5.56. The van der Waals surface area contributed by atoms with Crippen LogP contribution in [0.4, 0.5) is 11.4 Å². The van der Waals surface area contributed by atoms with E-state index in [0.29, 0.717) is 17.3 Å². The minimum Gasteiger partial charge on any atom is -0.333 e. The highest BCUT2D eigenvalue weighted by molar-refractivity contribution is 7.80. The Hall–Kier alpha value is -2.99. The standard InChI is InChI=1S/C23H25N3O2S/c1-4-14-25(23(29)24-18-10-6-16(3)7-11-18)20-15-21(27)26(22(20)28)19-12-8-17(5-2)9-13-19/h4,6-13,20H,1,5,14-15H2,2-3H3,(H,24,29). The van der Waals surface area contributed by atoms with Crippen molar-refractivity contribution in [3.8, 4) is 0 Å². The van der Waals surface area contributed by atoms with E-state index < -0.39 is 6.04 Å². The number of hydrogen-bond donors (Lipinski definition) is 1. The first-order valence-corrected chi connectivity index (χ1v) is 10.1. The van der Waals surface area contributed by atoms with Crippen molar-refractivity contribution in [2.24, 2.45) is 0 Å². The molecular weight excluding hydrogens is 382 g/mol. The molecule has 3 rings (SSSR count). The number of nitrogens with zero attached hydrogens (tertiary/aromatic N) is 2. The van der Waals surface area contributed by atoms with Gasteiger partial charge in [-0.2, -0.15) is 0 Å². The zero-order chi connectivity index (χ0) is 21.0. The Morgan fingerprint density at radius 3 is 2.45 bits per heavy atom. The van der Waals surface area contributed by atoms with Crippen molar-refractivity contribution in [3.63, 3.8) is 0 Å². The highest BCUT2D eigenvalue weighted by atomic mass is 32.1. The largest absolute Gasteiger partial charge is 0.333 e. The van der Waals surface area contributed by atoms with Crippen LogP contribution in [0.5, 0.6) is 0 Å². The van der Waals surface area contributed by atoms with Crippen molar-refractivity contribution in [2.45, 2.75) is 32.7 Å².